The first-order valence-corrected chi connectivity index (χ1v) is 3.68. The summed E-state index contributed by atoms with van der Waals surface area (Å²) in [7, 11) is 0. The molecule has 0 saturated carbocycles. The molecule has 70 valence electrons. The molecule has 0 bridgehead atoms. The molecule has 1 unspecified atom stereocenters. The first-order valence-electron chi connectivity index (χ1n) is 3.68. The average Bonchev–Trinajstić information content (AvgIpc) is 2.02. The van der Waals surface area contributed by atoms with Crippen molar-refractivity contribution in [2.45, 2.75) is 6.04 Å². The van der Waals surface area contributed by atoms with Crippen LogP contribution in [0.2, 0.25) is 0 Å². The monoisotopic (exact) mass is 184 g/mol. The molecule has 0 radical (unpaired) electrons. The highest BCUT2D eigenvalue weighted by Crippen LogP contribution is 2.22. The van der Waals surface area contributed by atoms with Crippen LogP contribution in [0.3, 0.4) is 0 Å². The van der Waals surface area contributed by atoms with Crippen molar-refractivity contribution in [3.05, 3.63) is 42.0 Å². The van der Waals surface area contributed by atoms with Gasteiger partial charge in [-0.25, -0.2) is 8.78 Å². The van der Waals surface area contributed by atoms with E-state index in [2.05, 4.69) is 6.58 Å². The summed E-state index contributed by atoms with van der Waals surface area (Å²) in [6.45, 7) is 3.35. The van der Waals surface area contributed by atoms with Gasteiger partial charge in [-0.3, -0.25) is 0 Å². The lowest BCUT2D eigenvalue weighted by atomic mass is 10.1. The maximum absolute atomic E-state index is 13.1. The fourth-order valence-corrected chi connectivity index (χ4v) is 1.04. The van der Waals surface area contributed by atoms with Gasteiger partial charge in [-0.05, 0) is 12.1 Å². The van der Waals surface area contributed by atoms with E-state index in [0.717, 1.165) is 12.1 Å². The van der Waals surface area contributed by atoms with Crippen LogP contribution in [-0.4, -0.2) is 0 Å². The van der Waals surface area contributed by atoms with E-state index < -0.39 is 17.7 Å². The van der Waals surface area contributed by atoms with Crippen molar-refractivity contribution in [3.8, 4) is 0 Å². The molecule has 13 heavy (non-hydrogen) atoms. The molecular weight excluding hydrogens is 174 g/mol. The van der Waals surface area contributed by atoms with Gasteiger partial charge in [0.1, 0.15) is 11.6 Å². The molecule has 4 heteroatoms. The predicted molar refractivity (Wildman–Crippen MR) is 47.9 cm³/mol. The first-order chi connectivity index (χ1) is 6.06. The summed E-state index contributed by atoms with van der Waals surface area (Å²) in [5, 5.41) is 0. The van der Waals surface area contributed by atoms with Gasteiger partial charge in [-0.15, -0.1) is 6.58 Å². The van der Waals surface area contributed by atoms with Crippen LogP contribution in [0.15, 0.2) is 24.8 Å². The highest BCUT2D eigenvalue weighted by molar-refractivity contribution is 5.42. The molecule has 4 N–H and O–H groups in total. The molecule has 1 atom stereocenters. The lowest BCUT2D eigenvalue weighted by molar-refractivity contribution is 0.547. The Morgan fingerprint density at radius 1 is 1.31 bits per heavy atom. The molecular formula is C9H10F2N2. The maximum atomic E-state index is 13.1. The largest absolute Gasteiger partial charge is 0.399 e. The molecule has 0 spiro atoms. The molecule has 0 saturated heterocycles. The molecule has 0 aromatic heterocycles. The summed E-state index contributed by atoms with van der Waals surface area (Å²) in [6.07, 6.45) is 1.26. The van der Waals surface area contributed by atoms with Crippen LogP contribution < -0.4 is 11.5 Å². The van der Waals surface area contributed by atoms with Crippen molar-refractivity contribution in [2.75, 3.05) is 5.73 Å². The Morgan fingerprint density at radius 3 is 2.15 bits per heavy atom. The Hall–Kier alpha value is -1.42. The second kappa shape index (κ2) is 3.53. The number of halogens is 2. The number of hydrogen-bond donors (Lipinski definition) is 2. The molecule has 2 nitrogen and oxygen atoms in total. The normalized spacial score (nSPS) is 12.5. The number of anilines is 1. The topological polar surface area (TPSA) is 52.0 Å². The van der Waals surface area contributed by atoms with Gasteiger partial charge in [0.2, 0.25) is 0 Å². The van der Waals surface area contributed by atoms with Gasteiger partial charge in [0, 0.05) is 11.3 Å². The predicted octanol–water partition coefficient (Wildman–Crippen LogP) is 1.73. The van der Waals surface area contributed by atoms with Crippen LogP contribution in [-0.2, 0) is 0 Å². The van der Waals surface area contributed by atoms with Gasteiger partial charge in [-0.1, -0.05) is 6.08 Å². The zero-order valence-electron chi connectivity index (χ0n) is 6.93. The highest BCUT2D eigenvalue weighted by Gasteiger charge is 2.14. The fourth-order valence-electron chi connectivity index (χ4n) is 1.04. The third-order valence-electron chi connectivity index (χ3n) is 1.69. The minimum Gasteiger partial charge on any atom is -0.399 e. The van der Waals surface area contributed by atoms with Crippen LogP contribution in [0.25, 0.3) is 0 Å². The van der Waals surface area contributed by atoms with Crippen molar-refractivity contribution >= 4 is 5.69 Å². The molecule has 0 amide bonds. The van der Waals surface area contributed by atoms with E-state index in [-0.39, 0.29) is 11.3 Å². The smallest absolute Gasteiger partial charge is 0.133 e. The molecule has 0 heterocycles. The van der Waals surface area contributed by atoms with E-state index in [4.69, 9.17) is 11.5 Å². The van der Waals surface area contributed by atoms with Gasteiger partial charge >= 0.3 is 0 Å². The van der Waals surface area contributed by atoms with Crippen LogP contribution >= 0.6 is 0 Å². The van der Waals surface area contributed by atoms with E-state index in [1.807, 2.05) is 0 Å². The summed E-state index contributed by atoms with van der Waals surface area (Å²) >= 11 is 0. The molecule has 1 aromatic rings. The Bertz CT molecular complexity index is 313. The molecule has 1 rings (SSSR count). The van der Waals surface area contributed by atoms with Crippen molar-refractivity contribution in [3.63, 3.8) is 0 Å². The summed E-state index contributed by atoms with van der Waals surface area (Å²) in [5.74, 6) is -1.49. The molecule has 1 aromatic carbocycles. The molecule has 0 aliphatic carbocycles. The lowest BCUT2D eigenvalue weighted by Gasteiger charge is -2.09. The Kier molecular flexibility index (Phi) is 2.63. The van der Waals surface area contributed by atoms with E-state index in [1.54, 1.807) is 0 Å². The summed E-state index contributed by atoms with van der Waals surface area (Å²) in [5.41, 5.74) is 10.5. The Balaban J connectivity index is 3.28. The van der Waals surface area contributed by atoms with Crippen molar-refractivity contribution in [1.82, 2.24) is 0 Å². The maximum Gasteiger partial charge on any atom is 0.133 e. The minimum atomic E-state index is -0.847. The lowest BCUT2D eigenvalue weighted by Crippen LogP contribution is -2.11. The third-order valence-corrected chi connectivity index (χ3v) is 1.69. The second-order valence-corrected chi connectivity index (χ2v) is 2.66. The van der Waals surface area contributed by atoms with Gasteiger partial charge in [0.15, 0.2) is 0 Å². The Labute approximate surface area is 74.8 Å². The first kappa shape index (κ1) is 9.67. The summed E-state index contributed by atoms with van der Waals surface area (Å²) < 4.78 is 26.2. The second-order valence-electron chi connectivity index (χ2n) is 2.66. The minimum absolute atomic E-state index is 0.0370. The quantitative estimate of drug-likeness (QED) is 0.543. The number of benzene rings is 1. The van der Waals surface area contributed by atoms with Gasteiger partial charge in [0.05, 0.1) is 6.04 Å². The third kappa shape index (κ3) is 1.84. The van der Waals surface area contributed by atoms with Crippen LogP contribution in [0, 0.1) is 11.6 Å². The zero-order valence-corrected chi connectivity index (χ0v) is 6.93. The molecule has 0 aliphatic heterocycles. The number of hydrogen-bond acceptors (Lipinski definition) is 2. The van der Waals surface area contributed by atoms with Gasteiger partial charge < -0.3 is 11.5 Å². The Morgan fingerprint density at radius 2 is 1.77 bits per heavy atom. The molecule has 0 aliphatic rings. The van der Waals surface area contributed by atoms with Crippen LogP contribution in [0.1, 0.15) is 11.6 Å². The standard InChI is InChI=1S/C9H10F2N2/c1-2-8(13)9-6(10)3-5(12)4-7(9)11/h2-4,8H,1,12-13H2. The van der Waals surface area contributed by atoms with E-state index >= 15 is 0 Å². The SMILES string of the molecule is C=CC(N)c1c(F)cc(N)cc1F. The summed E-state index contributed by atoms with van der Waals surface area (Å²) in [4.78, 5) is 0. The fraction of sp³-hybridized carbons (Fsp3) is 0.111. The number of rotatable bonds is 2. The highest BCUT2D eigenvalue weighted by atomic mass is 19.1. The average molecular weight is 184 g/mol. The van der Waals surface area contributed by atoms with Crippen molar-refractivity contribution in [2.24, 2.45) is 5.73 Å². The summed E-state index contributed by atoms with van der Waals surface area (Å²) in [6, 6.07) is 1.21. The van der Waals surface area contributed by atoms with Gasteiger partial charge in [-0.2, -0.15) is 0 Å². The van der Waals surface area contributed by atoms with E-state index in [0.29, 0.717) is 0 Å². The van der Waals surface area contributed by atoms with Gasteiger partial charge in [0.25, 0.3) is 0 Å². The van der Waals surface area contributed by atoms with Crippen LogP contribution in [0.4, 0.5) is 14.5 Å². The van der Waals surface area contributed by atoms with E-state index in [9.17, 15) is 8.78 Å². The van der Waals surface area contributed by atoms with E-state index in [1.165, 1.54) is 6.08 Å². The van der Waals surface area contributed by atoms with Crippen LogP contribution in [0.5, 0.6) is 0 Å². The molecule has 0 fully saturated rings. The van der Waals surface area contributed by atoms with Crippen molar-refractivity contribution < 1.29 is 8.78 Å². The zero-order chi connectivity index (χ0) is 10.0. The number of nitrogen functional groups attached to an aromatic ring is 1. The van der Waals surface area contributed by atoms with Crippen molar-refractivity contribution in [1.29, 1.82) is 0 Å². The number of nitrogens with two attached hydrogens (primary N) is 2.